The van der Waals surface area contributed by atoms with Crippen LogP contribution in [-0.4, -0.2) is 48.1 Å². The summed E-state index contributed by atoms with van der Waals surface area (Å²) in [5.41, 5.74) is 3.61. The molecular formula is C18H27N3O2. The second-order valence-corrected chi connectivity index (χ2v) is 5.70. The predicted molar refractivity (Wildman–Crippen MR) is 91.8 cm³/mol. The summed E-state index contributed by atoms with van der Waals surface area (Å²) < 4.78 is 13.0. The molecule has 2 aromatic rings. The first-order valence-electron chi connectivity index (χ1n) is 8.00. The van der Waals surface area contributed by atoms with Crippen molar-refractivity contribution in [3.63, 3.8) is 0 Å². The molecule has 0 atom stereocenters. The minimum absolute atomic E-state index is 0.659. The maximum atomic E-state index is 5.82. The van der Waals surface area contributed by atoms with Crippen molar-refractivity contribution in [1.29, 1.82) is 0 Å². The van der Waals surface area contributed by atoms with Gasteiger partial charge in [0, 0.05) is 45.0 Å². The number of benzene rings is 1. The summed E-state index contributed by atoms with van der Waals surface area (Å²) >= 11 is 0. The molecule has 0 aliphatic carbocycles. The van der Waals surface area contributed by atoms with Gasteiger partial charge in [-0.3, -0.25) is 9.58 Å². The molecule has 5 nitrogen and oxygen atoms in total. The van der Waals surface area contributed by atoms with Gasteiger partial charge in [0.1, 0.15) is 12.4 Å². The zero-order chi connectivity index (χ0) is 16.7. The fourth-order valence-electron chi connectivity index (χ4n) is 2.57. The molecule has 2 rings (SSSR count). The van der Waals surface area contributed by atoms with E-state index in [-0.39, 0.29) is 0 Å². The Hall–Kier alpha value is -1.85. The molecule has 0 N–H and O–H groups in total. The van der Waals surface area contributed by atoms with E-state index in [2.05, 4.69) is 23.8 Å². The lowest BCUT2D eigenvalue weighted by Crippen LogP contribution is -2.31. The standard InChI is InChI=1S/C18H27N3O2/c1-15-18(16(2)20(3)19-15)14-21(10-12-22-4)11-13-23-17-8-6-5-7-9-17/h5-9H,10-14H2,1-4H3. The average Bonchev–Trinajstić information content (AvgIpc) is 2.79. The van der Waals surface area contributed by atoms with E-state index >= 15 is 0 Å². The van der Waals surface area contributed by atoms with Gasteiger partial charge in [0.2, 0.25) is 0 Å². The van der Waals surface area contributed by atoms with Gasteiger partial charge < -0.3 is 9.47 Å². The number of aromatic nitrogens is 2. The molecule has 0 spiro atoms. The predicted octanol–water partition coefficient (Wildman–Crippen LogP) is 2.56. The number of hydrogen-bond acceptors (Lipinski definition) is 4. The van der Waals surface area contributed by atoms with Crippen molar-refractivity contribution in [3.05, 3.63) is 47.3 Å². The third-order valence-electron chi connectivity index (χ3n) is 4.07. The molecule has 0 saturated heterocycles. The van der Waals surface area contributed by atoms with Crippen LogP contribution in [0.2, 0.25) is 0 Å². The van der Waals surface area contributed by atoms with Gasteiger partial charge in [0.25, 0.3) is 0 Å². The smallest absolute Gasteiger partial charge is 0.119 e. The van der Waals surface area contributed by atoms with E-state index in [1.165, 1.54) is 11.3 Å². The van der Waals surface area contributed by atoms with Crippen LogP contribution in [0.3, 0.4) is 0 Å². The highest BCUT2D eigenvalue weighted by molar-refractivity contribution is 5.24. The topological polar surface area (TPSA) is 39.5 Å². The Kier molecular flexibility index (Phi) is 6.62. The second-order valence-electron chi connectivity index (χ2n) is 5.70. The van der Waals surface area contributed by atoms with Crippen molar-refractivity contribution in [2.24, 2.45) is 7.05 Å². The molecule has 0 aliphatic heterocycles. The fourth-order valence-corrected chi connectivity index (χ4v) is 2.57. The van der Waals surface area contributed by atoms with Crippen molar-refractivity contribution in [1.82, 2.24) is 14.7 Å². The van der Waals surface area contributed by atoms with Gasteiger partial charge in [-0.1, -0.05) is 18.2 Å². The number of hydrogen-bond donors (Lipinski definition) is 0. The normalized spacial score (nSPS) is 11.2. The Balaban J connectivity index is 1.93. The minimum atomic E-state index is 0.659. The van der Waals surface area contributed by atoms with Crippen molar-refractivity contribution in [3.8, 4) is 5.75 Å². The third-order valence-corrected chi connectivity index (χ3v) is 4.07. The van der Waals surface area contributed by atoms with E-state index in [4.69, 9.17) is 9.47 Å². The highest BCUT2D eigenvalue weighted by atomic mass is 16.5. The lowest BCUT2D eigenvalue weighted by atomic mass is 10.2. The lowest BCUT2D eigenvalue weighted by Gasteiger charge is -2.22. The molecule has 0 bridgehead atoms. The van der Waals surface area contributed by atoms with E-state index in [9.17, 15) is 0 Å². The summed E-state index contributed by atoms with van der Waals surface area (Å²) in [6.45, 7) is 8.15. The van der Waals surface area contributed by atoms with Gasteiger partial charge in [-0.05, 0) is 26.0 Å². The molecule has 0 unspecified atom stereocenters. The van der Waals surface area contributed by atoms with Crippen LogP contribution < -0.4 is 4.74 Å². The zero-order valence-electron chi connectivity index (χ0n) is 14.6. The number of ether oxygens (including phenoxy) is 2. The molecule has 1 aromatic heterocycles. The molecule has 0 saturated carbocycles. The molecule has 0 aliphatic rings. The van der Waals surface area contributed by atoms with Crippen molar-refractivity contribution in [2.75, 3.05) is 33.4 Å². The molecule has 5 heteroatoms. The first-order valence-corrected chi connectivity index (χ1v) is 8.00. The van der Waals surface area contributed by atoms with E-state index in [1.807, 2.05) is 42.1 Å². The van der Waals surface area contributed by atoms with E-state index in [0.29, 0.717) is 13.2 Å². The van der Waals surface area contributed by atoms with Crippen LogP contribution >= 0.6 is 0 Å². The molecule has 1 heterocycles. The number of nitrogens with zero attached hydrogens (tertiary/aromatic N) is 3. The Morgan fingerprint density at radius 2 is 1.78 bits per heavy atom. The summed E-state index contributed by atoms with van der Waals surface area (Å²) in [5, 5.41) is 4.50. The van der Waals surface area contributed by atoms with Crippen LogP contribution in [0.1, 0.15) is 17.0 Å². The number of rotatable bonds is 9. The van der Waals surface area contributed by atoms with Gasteiger partial charge in [0.05, 0.1) is 12.3 Å². The summed E-state index contributed by atoms with van der Waals surface area (Å²) in [4.78, 5) is 2.35. The van der Waals surface area contributed by atoms with Crippen LogP contribution in [0.4, 0.5) is 0 Å². The van der Waals surface area contributed by atoms with Gasteiger partial charge in [-0.15, -0.1) is 0 Å². The largest absolute Gasteiger partial charge is 0.492 e. The number of methoxy groups -OCH3 is 1. The van der Waals surface area contributed by atoms with Crippen molar-refractivity contribution in [2.45, 2.75) is 20.4 Å². The maximum Gasteiger partial charge on any atom is 0.119 e. The van der Waals surface area contributed by atoms with Crippen LogP contribution in [0.15, 0.2) is 30.3 Å². The summed E-state index contributed by atoms with van der Waals surface area (Å²) in [5.74, 6) is 0.910. The minimum Gasteiger partial charge on any atom is -0.492 e. The van der Waals surface area contributed by atoms with Gasteiger partial charge >= 0.3 is 0 Å². The molecule has 23 heavy (non-hydrogen) atoms. The molecular weight excluding hydrogens is 290 g/mol. The van der Waals surface area contributed by atoms with Crippen molar-refractivity contribution >= 4 is 0 Å². The molecule has 0 amide bonds. The SMILES string of the molecule is COCCN(CCOc1ccccc1)Cc1c(C)nn(C)c1C. The summed E-state index contributed by atoms with van der Waals surface area (Å²) in [7, 11) is 3.73. The van der Waals surface area contributed by atoms with E-state index < -0.39 is 0 Å². The quantitative estimate of drug-likeness (QED) is 0.712. The zero-order valence-corrected chi connectivity index (χ0v) is 14.6. The first kappa shape index (κ1) is 17.5. The van der Waals surface area contributed by atoms with Gasteiger partial charge in [-0.2, -0.15) is 5.10 Å². The number of para-hydroxylation sites is 1. The van der Waals surface area contributed by atoms with Crippen molar-refractivity contribution < 1.29 is 9.47 Å². The Bertz CT molecular complexity index is 596. The molecule has 0 fully saturated rings. The van der Waals surface area contributed by atoms with Crippen LogP contribution in [0.5, 0.6) is 5.75 Å². The monoisotopic (exact) mass is 317 g/mol. The van der Waals surface area contributed by atoms with Crippen LogP contribution in [0.25, 0.3) is 0 Å². The first-order chi connectivity index (χ1) is 11.1. The summed E-state index contributed by atoms with van der Waals surface area (Å²) in [6.07, 6.45) is 0. The van der Waals surface area contributed by atoms with Gasteiger partial charge in [0.15, 0.2) is 0 Å². The number of aryl methyl sites for hydroxylation is 2. The maximum absolute atomic E-state index is 5.82. The Morgan fingerprint density at radius 3 is 2.39 bits per heavy atom. The van der Waals surface area contributed by atoms with E-state index in [1.54, 1.807) is 7.11 Å². The van der Waals surface area contributed by atoms with Crippen LogP contribution in [0, 0.1) is 13.8 Å². The van der Waals surface area contributed by atoms with E-state index in [0.717, 1.165) is 31.1 Å². The van der Waals surface area contributed by atoms with Crippen LogP contribution in [-0.2, 0) is 18.3 Å². The molecule has 0 radical (unpaired) electrons. The average molecular weight is 317 g/mol. The second kappa shape index (κ2) is 8.70. The highest BCUT2D eigenvalue weighted by Crippen LogP contribution is 2.15. The molecule has 1 aromatic carbocycles. The Morgan fingerprint density at radius 1 is 1.09 bits per heavy atom. The molecule has 126 valence electrons. The third kappa shape index (κ3) is 5.08. The fraction of sp³-hybridized carbons (Fsp3) is 0.500. The Labute approximate surface area is 138 Å². The van der Waals surface area contributed by atoms with Gasteiger partial charge in [-0.25, -0.2) is 0 Å². The highest BCUT2D eigenvalue weighted by Gasteiger charge is 2.14. The lowest BCUT2D eigenvalue weighted by molar-refractivity contribution is 0.130. The summed E-state index contributed by atoms with van der Waals surface area (Å²) in [6, 6.07) is 9.93.